The first-order chi connectivity index (χ1) is 9.82. The minimum Gasteiger partial charge on any atom is -0.494 e. The highest BCUT2D eigenvalue weighted by atomic mass is 16.5. The van der Waals surface area contributed by atoms with Crippen LogP contribution in [0, 0.1) is 5.92 Å². The smallest absolute Gasteiger partial charge is 0.254 e. The molecular weight excluding hydrogens is 262 g/mol. The molecule has 3 nitrogen and oxygen atoms in total. The van der Waals surface area contributed by atoms with Crippen molar-refractivity contribution in [2.45, 2.75) is 60.0 Å². The number of carbonyl (C=O) groups is 1. The molecule has 0 N–H and O–H groups in total. The van der Waals surface area contributed by atoms with E-state index in [1.807, 2.05) is 56.9 Å². The number of ether oxygens (including phenoxy) is 1. The third-order valence-electron chi connectivity index (χ3n) is 3.41. The monoisotopic (exact) mass is 291 g/mol. The van der Waals surface area contributed by atoms with Crippen molar-refractivity contribution in [1.29, 1.82) is 0 Å². The van der Waals surface area contributed by atoms with Crippen LogP contribution in [0.5, 0.6) is 5.75 Å². The van der Waals surface area contributed by atoms with Crippen LogP contribution in [0.1, 0.15) is 58.3 Å². The molecule has 0 radical (unpaired) electrons. The Morgan fingerprint density at radius 3 is 1.95 bits per heavy atom. The maximum Gasteiger partial charge on any atom is 0.254 e. The number of carbonyl (C=O) groups excluding carboxylic acids is 1. The van der Waals surface area contributed by atoms with Crippen LogP contribution >= 0.6 is 0 Å². The molecule has 0 bridgehead atoms. The van der Waals surface area contributed by atoms with E-state index in [0.717, 1.165) is 18.8 Å². The molecule has 118 valence electrons. The van der Waals surface area contributed by atoms with Crippen molar-refractivity contribution >= 4 is 5.91 Å². The fourth-order valence-electron chi connectivity index (χ4n) is 2.32. The molecule has 21 heavy (non-hydrogen) atoms. The van der Waals surface area contributed by atoms with Crippen molar-refractivity contribution in [2.24, 2.45) is 5.92 Å². The van der Waals surface area contributed by atoms with Crippen molar-refractivity contribution in [3.8, 4) is 5.75 Å². The van der Waals surface area contributed by atoms with Gasteiger partial charge in [0.05, 0.1) is 6.61 Å². The molecule has 0 unspecified atom stereocenters. The van der Waals surface area contributed by atoms with Crippen LogP contribution in [-0.4, -0.2) is 29.5 Å². The molecule has 0 spiro atoms. The normalized spacial score (nSPS) is 11.3. The number of hydrogen-bond donors (Lipinski definition) is 0. The third-order valence-corrected chi connectivity index (χ3v) is 3.41. The molecule has 0 heterocycles. The molecule has 0 aromatic heterocycles. The van der Waals surface area contributed by atoms with Gasteiger partial charge in [0, 0.05) is 17.6 Å². The number of benzene rings is 1. The van der Waals surface area contributed by atoms with Gasteiger partial charge in [0.25, 0.3) is 5.91 Å². The van der Waals surface area contributed by atoms with Gasteiger partial charge in [-0.1, -0.05) is 13.8 Å². The van der Waals surface area contributed by atoms with Gasteiger partial charge >= 0.3 is 0 Å². The topological polar surface area (TPSA) is 29.5 Å². The molecular formula is C18H29NO2. The van der Waals surface area contributed by atoms with Gasteiger partial charge in [-0.05, 0) is 64.3 Å². The van der Waals surface area contributed by atoms with Crippen LogP contribution in [0.2, 0.25) is 0 Å². The maximum atomic E-state index is 12.5. The first-order valence-corrected chi connectivity index (χ1v) is 7.88. The Labute approximate surface area is 129 Å². The molecule has 1 rings (SSSR count). The van der Waals surface area contributed by atoms with Gasteiger partial charge < -0.3 is 9.64 Å². The summed E-state index contributed by atoms with van der Waals surface area (Å²) in [6.45, 7) is 13.2. The summed E-state index contributed by atoms with van der Waals surface area (Å²) in [6, 6.07) is 7.85. The van der Waals surface area contributed by atoms with Crippen LogP contribution in [0.25, 0.3) is 0 Å². The predicted molar refractivity (Wildman–Crippen MR) is 87.8 cm³/mol. The molecule has 1 amide bonds. The Hall–Kier alpha value is -1.51. The average molecular weight is 291 g/mol. The Morgan fingerprint density at radius 1 is 1.00 bits per heavy atom. The van der Waals surface area contributed by atoms with E-state index in [0.29, 0.717) is 11.5 Å². The Balaban J connectivity index is 2.70. The fraction of sp³-hybridized carbons (Fsp3) is 0.611. The van der Waals surface area contributed by atoms with Crippen molar-refractivity contribution in [2.75, 3.05) is 6.61 Å². The lowest BCUT2D eigenvalue weighted by atomic mass is 10.1. The third kappa shape index (κ3) is 5.41. The van der Waals surface area contributed by atoms with E-state index >= 15 is 0 Å². The minimum atomic E-state index is 0.0775. The minimum absolute atomic E-state index is 0.0775. The van der Waals surface area contributed by atoms with E-state index in [1.54, 1.807) is 0 Å². The molecule has 0 aliphatic rings. The van der Waals surface area contributed by atoms with E-state index in [1.165, 1.54) is 0 Å². The number of hydrogen-bond acceptors (Lipinski definition) is 2. The van der Waals surface area contributed by atoms with Crippen molar-refractivity contribution in [3.05, 3.63) is 29.8 Å². The van der Waals surface area contributed by atoms with E-state index in [9.17, 15) is 4.79 Å². The number of rotatable bonds is 7. The number of amides is 1. The summed E-state index contributed by atoms with van der Waals surface area (Å²) in [5.74, 6) is 1.54. The first-order valence-electron chi connectivity index (χ1n) is 7.88. The molecule has 1 aromatic carbocycles. The van der Waals surface area contributed by atoms with E-state index in [4.69, 9.17) is 4.74 Å². The van der Waals surface area contributed by atoms with Gasteiger partial charge in [-0.2, -0.15) is 0 Å². The molecule has 0 atom stereocenters. The molecule has 0 aliphatic carbocycles. The fourth-order valence-corrected chi connectivity index (χ4v) is 2.32. The maximum absolute atomic E-state index is 12.5. The van der Waals surface area contributed by atoms with Gasteiger partial charge in [-0.15, -0.1) is 0 Å². The summed E-state index contributed by atoms with van der Waals surface area (Å²) in [5.41, 5.74) is 0.716. The zero-order valence-electron chi connectivity index (χ0n) is 14.2. The van der Waals surface area contributed by atoms with Crippen LogP contribution < -0.4 is 4.74 Å². The van der Waals surface area contributed by atoms with Crippen molar-refractivity contribution in [1.82, 2.24) is 4.90 Å². The highest BCUT2D eigenvalue weighted by Gasteiger charge is 2.21. The number of nitrogens with zero attached hydrogens (tertiary/aromatic N) is 1. The summed E-state index contributed by atoms with van der Waals surface area (Å²) in [7, 11) is 0. The average Bonchev–Trinajstić information content (AvgIpc) is 2.38. The second-order valence-electron chi connectivity index (χ2n) is 6.46. The summed E-state index contributed by atoms with van der Waals surface area (Å²) in [5, 5.41) is 0. The molecule has 0 saturated heterocycles. The standard InChI is InChI=1S/C18H29NO2/c1-13(2)11-12-21-17-9-7-16(8-10-17)18(20)19(14(3)4)15(5)6/h7-10,13-15H,11-12H2,1-6H3. The summed E-state index contributed by atoms with van der Waals surface area (Å²) >= 11 is 0. The Kier molecular flexibility index (Phi) is 6.73. The zero-order chi connectivity index (χ0) is 16.0. The van der Waals surface area contributed by atoms with Gasteiger partial charge in [0.1, 0.15) is 5.75 Å². The van der Waals surface area contributed by atoms with Crippen LogP contribution in [0.3, 0.4) is 0 Å². The molecule has 0 aliphatic heterocycles. The van der Waals surface area contributed by atoms with E-state index in [-0.39, 0.29) is 18.0 Å². The molecule has 0 saturated carbocycles. The zero-order valence-corrected chi connectivity index (χ0v) is 14.2. The first kappa shape index (κ1) is 17.5. The Bertz CT molecular complexity index is 427. The summed E-state index contributed by atoms with van der Waals surface area (Å²) < 4.78 is 5.68. The van der Waals surface area contributed by atoms with Gasteiger partial charge in [-0.3, -0.25) is 4.79 Å². The summed E-state index contributed by atoms with van der Waals surface area (Å²) in [6.07, 6.45) is 1.04. The van der Waals surface area contributed by atoms with Crippen LogP contribution in [0.15, 0.2) is 24.3 Å². The van der Waals surface area contributed by atoms with Gasteiger partial charge in [0.15, 0.2) is 0 Å². The van der Waals surface area contributed by atoms with E-state index < -0.39 is 0 Å². The van der Waals surface area contributed by atoms with Gasteiger partial charge in [-0.25, -0.2) is 0 Å². The van der Waals surface area contributed by atoms with Crippen molar-refractivity contribution in [3.63, 3.8) is 0 Å². The Morgan fingerprint density at radius 2 is 1.52 bits per heavy atom. The van der Waals surface area contributed by atoms with Gasteiger partial charge in [0.2, 0.25) is 0 Å². The van der Waals surface area contributed by atoms with E-state index in [2.05, 4.69) is 13.8 Å². The molecule has 1 aromatic rings. The highest BCUT2D eigenvalue weighted by Crippen LogP contribution is 2.17. The second kappa shape index (κ2) is 8.06. The quantitative estimate of drug-likeness (QED) is 0.746. The largest absolute Gasteiger partial charge is 0.494 e. The molecule has 3 heteroatoms. The van der Waals surface area contributed by atoms with Crippen LogP contribution in [0.4, 0.5) is 0 Å². The second-order valence-corrected chi connectivity index (χ2v) is 6.46. The van der Waals surface area contributed by atoms with Crippen LogP contribution in [-0.2, 0) is 0 Å². The predicted octanol–water partition coefficient (Wildman–Crippen LogP) is 4.37. The SMILES string of the molecule is CC(C)CCOc1ccc(C(=O)N(C(C)C)C(C)C)cc1. The lowest BCUT2D eigenvalue weighted by molar-refractivity contribution is 0.0643. The lowest BCUT2D eigenvalue weighted by Gasteiger charge is -2.30. The lowest BCUT2D eigenvalue weighted by Crippen LogP contribution is -2.42. The summed E-state index contributed by atoms with van der Waals surface area (Å²) in [4.78, 5) is 14.4. The van der Waals surface area contributed by atoms with Crippen molar-refractivity contribution < 1.29 is 9.53 Å². The highest BCUT2D eigenvalue weighted by molar-refractivity contribution is 5.94. The molecule has 0 fully saturated rings.